The molecule has 1 atom stereocenters. The van der Waals surface area contributed by atoms with E-state index >= 15 is 0 Å². The lowest BCUT2D eigenvalue weighted by atomic mass is 9.86. The summed E-state index contributed by atoms with van der Waals surface area (Å²) >= 11 is 0. The van der Waals surface area contributed by atoms with Crippen molar-refractivity contribution < 1.29 is 9.59 Å². The molecule has 1 saturated carbocycles. The van der Waals surface area contributed by atoms with Crippen molar-refractivity contribution in [1.82, 2.24) is 10.6 Å². The summed E-state index contributed by atoms with van der Waals surface area (Å²) in [4.78, 5) is 25.5. The molecule has 1 aliphatic rings. The molecule has 2 N–H and O–H groups in total. The van der Waals surface area contributed by atoms with Crippen molar-refractivity contribution in [3.8, 4) is 0 Å². The molecule has 4 heteroatoms. The largest absolute Gasteiger partial charge is 0.352 e. The van der Waals surface area contributed by atoms with Gasteiger partial charge in [-0.25, -0.2) is 0 Å². The maximum atomic E-state index is 12.8. The predicted octanol–water partition coefficient (Wildman–Crippen LogP) is 4.58. The Balaban J connectivity index is 2.01. The van der Waals surface area contributed by atoms with E-state index < -0.39 is 6.04 Å². The van der Waals surface area contributed by atoms with Gasteiger partial charge in [0.2, 0.25) is 5.91 Å². The Kier molecular flexibility index (Phi) is 7.46. The van der Waals surface area contributed by atoms with Crippen molar-refractivity contribution in [3.05, 3.63) is 35.4 Å². The van der Waals surface area contributed by atoms with Crippen LogP contribution in [0, 0.1) is 5.92 Å². The molecule has 150 valence electrons. The van der Waals surface area contributed by atoms with Gasteiger partial charge in [-0.2, -0.15) is 0 Å². The lowest BCUT2D eigenvalue weighted by Gasteiger charge is -2.25. The van der Waals surface area contributed by atoms with Crippen LogP contribution in [0.5, 0.6) is 0 Å². The maximum Gasteiger partial charge on any atom is 0.251 e. The van der Waals surface area contributed by atoms with Crippen molar-refractivity contribution in [2.24, 2.45) is 5.92 Å². The molecule has 1 aromatic rings. The molecule has 0 bridgehead atoms. The molecule has 0 radical (unpaired) electrons. The van der Waals surface area contributed by atoms with Crippen LogP contribution < -0.4 is 10.6 Å². The van der Waals surface area contributed by atoms with Gasteiger partial charge in [-0.3, -0.25) is 9.59 Å². The van der Waals surface area contributed by atoms with Gasteiger partial charge in [0.05, 0.1) is 0 Å². The van der Waals surface area contributed by atoms with E-state index in [1.807, 2.05) is 38.1 Å². The summed E-state index contributed by atoms with van der Waals surface area (Å²) in [7, 11) is 0. The lowest BCUT2D eigenvalue weighted by Crippen LogP contribution is -2.52. The molecule has 0 spiro atoms. The van der Waals surface area contributed by atoms with Crippen molar-refractivity contribution in [1.29, 1.82) is 0 Å². The molecule has 2 rings (SSSR count). The highest BCUT2D eigenvalue weighted by Crippen LogP contribution is 2.22. The maximum absolute atomic E-state index is 12.8. The molecule has 0 aromatic heterocycles. The van der Waals surface area contributed by atoms with Gasteiger partial charge in [0, 0.05) is 11.6 Å². The van der Waals surface area contributed by atoms with Gasteiger partial charge in [-0.1, -0.05) is 72.4 Å². The van der Waals surface area contributed by atoms with E-state index in [-0.39, 0.29) is 29.2 Å². The topological polar surface area (TPSA) is 58.2 Å². The molecule has 0 aliphatic heterocycles. The number of benzene rings is 1. The minimum atomic E-state index is -0.511. The quantitative estimate of drug-likeness (QED) is 0.744. The number of amides is 2. The highest BCUT2D eigenvalue weighted by Gasteiger charge is 2.27. The first-order valence-corrected chi connectivity index (χ1v) is 10.4. The van der Waals surface area contributed by atoms with Crippen molar-refractivity contribution >= 4 is 11.8 Å². The Bertz CT molecular complexity index is 621. The Labute approximate surface area is 164 Å². The van der Waals surface area contributed by atoms with Gasteiger partial charge >= 0.3 is 0 Å². The normalized spacial score (nSPS) is 17.3. The van der Waals surface area contributed by atoms with Crippen LogP contribution in [0.3, 0.4) is 0 Å². The van der Waals surface area contributed by atoms with Gasteiger partial charge in [0.15, 0.2) is 0 Å². The van der Waals surface area contributed by atoms with E-state index in [1.54, 1.807) is 0 Å². The number of carbonyl (C=O) groups is 2. The van der Waals surface area contributed by atoms with E-state index in [1.165, 1.54) is 31.2 Å². The summed E-state index contributed by atoms with van der Waals surface area (Å²) in [6.07, 6.45) is 6.92. The molecular formula is C23H36N2O2. The van der Waals surface area contributed by atoms with E-state index in [0.29, 0.717) is 5.56 Å². The Hall–Kier alpha value is -1.84. The Morgan fingerprint density at radius 1 is 0.963 bits per heavy atom. The second-order valence-electron chi connectivity index (χ2n) is 9.22. The average Bonchev–Trinajstić information content (AvgIpc) is 2.87. The fourth-order valence-electron chi connectivity index (χ4n) is 3.60. The van der Waals surface area contributed by atoms with Gasteiger partial charge in [-0.15, -0.1) is 0 Å². The number of rotatable bonds is 5. The van der Waals surface area contributed by atoms with Crippen molar-refractivity contribution in [3.63, 3.8) is 0 Å². The third-order valence-electron chi connectivity index (χ3n) is 5.45. The van der Waals surface area contributed by atoms with Crippen LogP contribution >= 0.6 is 0 Å². The Morgan fingerprint density at radius 2 is 1.52 bits per heavy atom. The van der Waals surface area contributed by atoms with Crippen LogP contribution in [0.1, 0.15) is 89.1 Å². The fraction of sp³-hybridized carbons (Fsp3) is 0.652. The molecule has 0 saturated heterocycles. The fourth-order valence-corrected chi connectivity index (χ4v) is 3.60. The SMILES string of the molecule is CC(C)[C@H](NC(=O)c1ccc(C(C)(C)C)cc1)C(=O)NC1CCCCCC1. The number of hydrogen-bond donors (Lipinski definition) is 2. The standard InChI is InChI=1S/C23H36N2O2/c1-16(2)20(22(27)24-19-10-8-6-7-9-11-19)25-21(26)17-12-14-18(15-13-17)23(3,4)5/h12-16,19-20H,6-11H2,1-5H3,(H,24,27)(H,25,26)/t20-/m0/s1. The van der Waals surface area contributed by atoms with Crippen LogP contribution in [0.25, 0.3) is 0 Å². The van der Waals surface area contributed by atoms with Crippen LogP contribution in [-0.2, 0) is 10.2 Å². The summed E-state index contributed by atoms with van der Waals surface area (Å²) in [5.74, 6) is -0.213. The average molecular weight is 373 g/mol. The highest BCUT2D eigenvalue weighted by atomic mass is 16.2. The van der Waals surface area contributed by atoms with Crippen molar-refractivity contribution in [2.45, 2.75) is 90.6 Å². The minimum absolute atomic E-state index is 0.0357. The smallest absolute Gasteiger partial charge is 0.251 e. The van der Waals surface area contributed by atoms with Gasteiger partial charge in [0.1, 0.15) is 6.04 Å². The summed E-state index contributed by atoms with van der Waals surface area (Å²) in [5, 5.41) is 6.12. The monoisotopic (exact) mass is 372 g/mol. The van der Waals surface area contributed by atoms with Gasteiger partial charge in [-0.05, 0) is 41.9 Å². The Morgan fingerprint density at radius 3 is 2.00 bits per heavy atom. The van der Waals surface area contributed by atoms with E-state index in [4.69, 9.17) is 0 Å². The zero-order chi connectivity index (χ0) is 20.0. The number of hydrogen-bond acceptors (Lipinski definition) is 2. The second kappa shape index (κ2) is 9.38. The molecular weight excluding hydrogens is 336 g/mol. The van der Waals surface area contributed by atoms with Gasteiger partial charge in [0.25, 0.3) is 5.91 Å². The number of carbonyl (C=O) groups excluding carboxylic acids is 2. The van der Waals surface area contributed by atoms with Gasteiger partial charge < -0.3 is 10.6 Å². The zero-order valence-electron chi connectivity index (χ0n) is 17.6. The first-order valence-electron chi connectivity index (χ1n) is 10.4. The third kappa shape index (κ3) is 6.37. The molecule has 1 aromatic carbocycles. The van der Waals surface area contributed by atoms with Crippen LogP contribution in [-0.4, -0.2) is 23.9 Å². The van der Waals surface area contributed by atoms with Crippen molar-refractivity contribution in [2.75, 3.05) is 0 Å². The molecule has 0 heterocycles. The molecule has 0 unspecified atom stereocenters. The third-order valence-corrected chi connectivity index (χ3v) is 5.45. The summed E-state index contributed by atoms with van der Waals surface area (Å²) in [6.45, 7) is 10.4. The van der Waals surface area contributed by atoms with Crippen LogP contribution in [0.2, 0.25) is 0 Å². The minimum Gasteiger partial charge on any atom is -0.352 e. The van der Waals surface area contributed by atoms with Crippen LogP contribution in [0.15, 0.2) is 24.3 Å². The molecule has 1 fully saturated rings. The van der Waals surface area contributed by atoms with E-state index in [9.17, 15) is 9.59 Å². The van der Waals surface area contributed by atoms with E-state index in [0.717, 1.165) is 12.8 Å². The second-order valence-corrected chi connectivity index (χ2v) is 9.22. The predicted molar refractivity (Wildman–Crippen MR) is 111 cm³/mol. The molecule has 2 amide bonds. The van der Waals surface area contributed by atoms with Crippen LogP contribution in [0.4, 0.5) is 0 Å². The lowest BCUT2D eigenvalue weighted by molar-refractivity contribution is -0.124. The zero-order valence-corrected chi connectivity index (χ0v) is 17.6. The first kappa shape index (κ1) is 21.5. The summed E-state index contributed by atoms with van der Waals surface area (Å²) in [6, 6.07) is 7.40. The molecule has 4 nitrogen and oxygen atoms in total. The summed E-state index contributed by atoms with van der Waals surface area (Å²) in [5.41, 5.74) is 1.83. The summed E-state index contributed by atoms with van der Waals surface area (Å²) < 4.78 is 0. The highest BCUT2D eigenvalue weighted by molar-refractivity contribution is 5.97. The van der Waals surface area contributed by atoms with E-state index in [2.05, 4.69) is 31.4 Å². The molecule has 27 heavy (non-hydrogen) atoms. The number of nitrogens with one attached hydrogen (secondary N) is 2. The molecule has 1 aliphatic carbocycles. The first-order chi connectivity index (χ1) is 12.7.